The normalized spacial score (nSPS) is 11.9. The standard InChI is InChI=1S/C16H13ClN4OS/c1-10(19-15(22)12-3-2-4-14(17)20-12)16-21-13(9-23-16)11-5-7-18-8-6-11/h2-10H,1H3,(H,19,22). The maximum absolute atomic E-state index is 12.2. The summed E-state index contributed by atoms with van der Waals surface area (Å²) < 4.78 is 0. The van der Waals surface area contributed by atoms with Crippen LogP contribution in [0.2, 0.25) is 5.15 Å². The van der Waals surface area contributed by atoms with Crippen molar-refractivity contribution in [2.45, 2.75) is 13.0 Å². The van der Waals surface area contributed by atoms with Crippen LogP contribution in [0.25, 0.3) is 11.3 Å². The Morgan fingerprint density at radius 1 is 1.22 bits per heavy atom. The van der Waals surface area contributed by atoms with Gasteiger partial charge in [0.2, 0.25) is 0 Å². The fourth-order valence-electron chi connectivity index (χ4n) is 2.01. The average molecular weight is 345 g/mol. The van der Waals surface area contributed by atoms with Crippen LogP contribution in [0.3, 0.4) is 0 Å². The molecule has 23 heavy (non-hydrogen) atoms. The molecule has 3 rings (SSSR count). The Labute approximate surface area is 142 Å². The van der Waals surface area contributed by atoms with Gasteiger partial charge in [-0.3, -0.25) is 9.78 Å². The van der Waals surface area contributed by atoms with E-state index in [0.29, 0.717) is 5.15 Å². The summed E-state index contributed by atoms with van der Waals surface area (Å²) in [6, 6.07) is 8.53. The molecule has 1 N–H and O–H groups in total. The van der Waals surface area contributed by atoms with E-state index >= 15 is 0 Å². The van der Waals surface area contributed by atoms with Gasteiger partial charge in [0.05, 0.1) is 11.7 Å². The van der Waals surface area contributed by atoms with Gasteiger partial charge in [-0.25, -0.2) is 9.97 Å². The van der Waals surface area contributed by atoms with E-state index in [9.17, 15) is 4.79 Å². The largest absolute Gasteiger partial charge is 0.342 e. The molecule has 0 radical (unpaired) electrons. The molecule has 5 nitrogen and oxygen atoms in total. The minimum Gasteiger partial charge on any atom is -0.342 e. The van der Waals surface area contributed by atoms with E-state index in [1.165, 1.54) is 11.3 Å². The van der Waals surface area contributed by atoms with Crippen molar-refractivity contribution >= 4 is 28.8 Å². The summed E-state index contributed by atoms with van der Waals surface area (Å²) in [6.45, 7) is 1.89. The van der Waals surface area contributed by atoms with Crippen LogP contribution in [0.5, 0.6) is 0 Å². The van der Waals surface area contributed by atoms with Gasteiger partial charge in [0.25, 0.3) is 5.91 Å². The van der Waals surface area contributed by atoms with Gasteiger partial charge in [-0.05, 0) is 31.2 Å². The second-order valence-corrected chi connectivity index (χ2v) is 6.12. The van der Waals surface area contributed by atoms with Crippen LogP contribution in [0.4, 0.5) is 0 Å². The summed E-state index contributed by atoms with van der Waals surface area (Å²) in [4.78, 5) is 24.8. The molecular formula is C16H13ClN4OS. The second kappa shape index (κ2) is 6.85. The molecule has 0 aliphatic rings. The van der Waals surface area contributed by atoms with E-state index in [-0.39, 0.29) is 17.6 Å². The summed E-state index contributed by atoms with van der Waals surface area (Å²) in [5.74, 6) is -0.277. The van der Waals surface area contributed by atoms with Crippen molar-refractivity contribution in [1.82, 2.24) is 20.3 Å². The van der Waals surface area contributed by atoms with Crippen molar-refractivity contribution in [1.29, 1.82) is 0 Å². The number of thiazole rings is 1. The molecule has 7 heteroatoms. The van der Waals surface area contributed by atoms with E-state index in [1.807, 2.05) is 24.4 Å². The highest BCUT2D eigenvalue weighted by Gasteiger charge is 2.16. The number of aromatic nitrogens is 3. The third kappa shape index (κ3) is 3.72. The summed E-state index contributed by atoms with van der Waals surface area (Å²) in [5.41, 5.74) is 2.15. The van der Waals surface area contributed by atoms with Crippen LogP contribution in [0.15, 0.2) is 48.1 Å². The quantitative estimate of drug-likeness (QED) is 0.732. The third-order valence-electron chi connectivity index (χ3n) is 3.16. The number of carbonyl (C=O) groups is 1. The van der Waals surface area contributed by atoms with Gasteiger partial charge in [-0.2, -0.15) is 0 Å². The highest BCUT2D eigenvalue weighted by molar-refractivity contribution is 7.10. The molecule has 1 unspecified atom stereocenters. The molecule has 1 amide bonds. The molecule has 1 atom stereocenters. The van der Waals surface area contributed by atoms with Gasteiger partial charge in [0.1, 0.15) is 15.9 Å². The van der Waals surface area contributed by atoms with Crippen LogP contribution < -0.4 is 5.32 Å². The van der Waals surface area contributed by atoms with E-state index in [1.54, 1.807) is 30.6 Å². The fraction of sp³-hybridized carbons (Fsp3) is 0.125. The van der Waals surface area contributed by atoms with Crippen molar-refractivity contribution < 1.29 is 4.79 Å². The minimum absolute atomic E-state index is 0.219. The molecule has 0 saturated heterocycles. The first-order chi connectivity index (χ1) is 11.1. The summed E-state index contributed by atoms with van der Waals surface area (Å²) >= 11 is 7.31. The topological polar surface area (TPSA) is 67.8 Å². The molecule has 0 aliphatic carbocycles. The first-order valence-corrected chi connectivity index (χ1v) is 8.18. The van der Waals surface area contributed by atoms with E-state index in [4.69, 9.17) is 11.6 Å². The highest BCUT2D eigenvalue weighted by Crippen LogP contribution is 2.25. The molecule has 0 aromatic carbocycles. The molecular weight excluding hydrogens is 332 g/mol. The zero-order valence-electron chi connectivity index (χ0n) is 12.2. The van der Waals surface area contributed by atoms with Gasteiger partial charge in [-0.15, -0.1) is 11.3 Å². The minimum atomic E-state index is -0.277. The first-order valence-electron chi connectivity index (χ1n) is 6.93. The maximum Gasteiger partial charge on any atom is 0.270 e. The Hall–Kier alpha value is -2.31. The molecule has 3 aromatic heterocycles. The zero-order chi connectivity index (χ0) is 16.2. The van der Waals surface area contributed by atoms with Gasteiger partial charge in [-0.1, -0.05) is 17.7 Å². The molecule has 0 saturated carbocycles. The maximum atomic E-state index is 12.2. The molecule has 0 bridgehead atoms. The van der Waals surface area contributed by atoms with Crippen LogP contribution in [0.1, 0.15) is 28.5 Å². The van der Waals surface area contributed by atoms with Gasteiger partial charge >= 0.3 is 0 Å². The van der Waals surface area contributed by atoms with Crippen molar-refractivity contribution in [2.75, 3.05) is 0 Å². The lowest BCUT2D eigenvalue weighted by Gasteiger charge is -2.10. The summed E-state index contributed by atoms with van der Waals surface area (Å²) in [7, 11) is 0. The lowest BCUT2D eigenvalue weighted by atomic mass is 10.2. The predicted molar refractivity (Wildman–Crippen MR) is 90.5 cm³/mol. The number of rotatable bonds is 4. The van der Waals surface area contributed by atoms with Gasteiger partial charge in [0, 0.05) is 23.3 Å². The van der Waals surface area contributed by atoms with Crippen LogP contribution in [-0.2, 0) is 0 Å². The van der Waals surface area contributed by atoms with E-state index < -0.39 is 0 Å². The number of pyridine rings is 2. The van der Waals surface area contributed by atoms with Crippen molar-refractivity contribution in [3.63, 3.8) is 0 Å². The highest BCUT2D eigenvalue weighted by atomic mass is 35.5. The lowest BCUT2D eigenvalue weighted by molar-refractivity contribution is 0.0935. The number of hydrogen-bond donors (Lipinski definition) is 1. The predicted octanol–water partition coefficient (Wildman–Crippen LogP) is 3.74. The van der Waals surface area contributed by atoms with Gasteiger partial charge < -0.3 is 5.32 Å². The Bertz CT molecular complexity index is 822. The molecule has 116 valence electrons. The number of halogens is 1. The zero-order valence-corrected chi connectivity index (χ0v) is 13.8. The average Bonchev–Trinajstić information content (AvgIpc) is 3.06. The van der Waals surface area contributed by atoms with Crippen molar-refractivity contribution in [2.24, 2.45) is 0 Å². The summed E-state index contributed by atoms with van der Waals surface area (Å²) in [5, 5.41) is 5.96. The van der Waals surface area contributed by atoms with Crippen molar-refractivity contribution in [3.05, 3.63) is 64.0 Å². The molecule has 0 aliphatic heterocycles. The Kier molecular flexibility index (Phi) is 4.64. The molecule has 3 aromatic rings. The number of nitrogens with one attached hydrogen (secondary N) is 1. The van der Waals surface area contributed by atoms with Crippen molar-refractivity contribution in [3.8, 4) is 11.3 Å². The Morgan fingerprint density at radius 3 is 2.74 bits per heavy atom. The number of hydrogen-bond acceptors (Lipinski definition) is 5. The van der Waals surface area contributed by atoms with E-state index in [0.717, 1.165) is 16.3 Å². The number of carbonyl (C=O) groups excluding carboxylic acids is 1. The Balaban J connectivity index is 1.73. The third-order valence-corrected chi connectivity index (χ3v) is 4.40. The number of nitrogens with zero attached hydrogens (tertiary/aromatic N) is 3. The second-order valence-electron chi connectivity index (χ2n) is 4.85. The molecule has 0 fully saturated rings. The molecule has 3 heterocycles. The SMILES string of the molecule is CC(NC(=O)c1cccc(Cl)n1)c1nc(-c2ccncc2)cs1. The smallest absolute Gasteiger partial charge is 0.270 e. The summed E-state index contributed by atoms with van der Waals surface area (Å²) in [6.07, 6.45) is 3.45. The molecule has 0 spiro atoms. The monoisotopic (exact) mass is 344 g/mol. The Morgan fingerprint density at radius 2 is 2.00 bits per heavy atom. The van der Waals surface area contributed by atoms with Crippen LogP contribution >= 0.6 is 22.9 Å². The van der Waals surface area contributed by atoms with Gasteiger partial charge in [0.15, 0.2) is 0 Å². The lowest BCUT2D eigenvalue weighted by Crippen LogP contribution is -2.27. The van der Waals surface area contributed by atoms with E-state index in [2.05, 4.69) is 20.3 Å². The first kappa shape index (κ1) is 15.6. The fourth-order valence-corrected chi connectivity index (χ4v) is 3.01. The van der Waals surface area contributed by atoms with Crippen LogP contribution in [-0.4, -0.2) is 20.9 Å². The number of amides is 1. The van der Waals surface area contributed by atoms with Crippen LogP contribution in [0, 0.1) is 0 Å².